The molecule has 4 nitrogen and oxygen atoms in total. The van der Waals surface area contributed by atoms with Gasteiger partial charge in [-0.15, -0.1) is 0 Å². The standard InChI is InChI=1S/C15H11BrN2O2/c1-9-13-7-4-11(15(19)20)8-18(13)14(17-9)10-2-5-12(16)6-3-10/h2-8H,1H3,(H,19,20). The van der Waals surface area contributed by atoms with Gasteiger partial charge in [0.15, 0.2) is 0 Å². The molecule has 0 fully saturated rings. The second kappa shape index (κ2) is 4.76. The van der Waals surface area contributed by atoms with E-state index in [9.17, 15) is 4.79 Å². The van der Waals surface area contributed by atoms with E-state index in [1.165, 1.54) is 0 Å². The molecular formula is C15H11BrN2O2. The van der Waals surface area contributed by atoms with E-state index in [4.69, 9.17) is 5.11 Å². The predicted octanol–water partition coefficient (Wildman–Crippen LogP) is 3.77. The Bertz CT molecular complexity index is 807. The van der Waals surface area contributed by atoms with Gasteiger partial charge in [0.2, 0.25) is 0 Å². The van der Waals surface area contributed by atoms with Gasteiger partial charge in [-0.1, -0.05) is 28.1 Å². The molecule has 100 valence electrons. The topological polar surface area (TPSA) is 54.6 Å². The molecule has 0 radical (unpaired) electrons. The molecule has 2 aromatic heterocycles. The van der Waals surface area contributed by atoms with Gasteiger partial charge in [0.25, 0.3) is 0 Å². The number of halogens is 1. The first-order valence-electron chi connectivity index (χ1n) is 6.04. The Morgan fingerprint density at radius 2 is 1.90 bits per heavy atom. The molecule has 20 heavy (non-hydrogen) atoms. The van der Waals surface area contributed by atoms with E-state index in [2.05, 4.69) is 20.9 Å². The molecule has 2 heterocycles. The van der Waals surface area contributed by atoms with Gasteiger partial charge < -0.3 is 5.11 Å². The monoisotopic (exact) mass is 330 g/mol. The first kappa shape index (κ1) is 12.9. The van der Waals surface area contributed by atoms with E-state index in [1.807, 2.05) is 35.6 Å². The average molecular weight is 331 g/mol. The molecule has 1 aromatic carbocycles. The minimum Gasteiger partial charge on any atom is -0.478 e. The highest BCUT2D eigenvalue weighted by molar-refractivity contribution is 9.10. The SMILES string of the molecule is Cc1nc(-c2ccc(Br)cc2)n2cc(C(=O)O)ccc12. The van der Waals surface area contributed by atoms with Gasteiger partial charge in [-0.05, 0) is 31.2 Å². The summed E-state index contributed by atoms with van der Waals surface area (Å²) < 4.78 is 2.81. The van der Waals surface area contributed by atoms with Gasteiger partial charge in [-0.25, -0.2) is 9.78 Å². The molecule has 3 rings (SSSR count). The quantitative estimate of drug-likeness (QED) is 0.778. The summed E-state index contributed by atoms with van der Waals surface area (Å²) in [6, 6.07) is 11.2. The Balaban J connectivity index is 2.27. The third-order valence-corrected chi connectivity index (χ3v) is 3.70. The number of benzene rings is 1. The van der Waals surface area contributed by atoms with Crippen LogP contribution in [0.25, 0.3) is 16.9 Å². The zero-order chi connectivity index (χ0) is 14.3. The fourth-order valence-electron chi connectivity index (χ4n) is 2.17. The summed E-state index contributed by atoms with van der Waals surface area (Å²) in [6.45, 7) is 1.91. The fraction of sp³-hybridized carbons (Fsp3) is 0.0667. The van der Waals surface area contributed by atoms with Crippen LogP contribution in [0.15, 0.2) is 47.1 Å². The van der Waals surface area contributed by atoms with Crippen molar-refractivity contribution in [1.82, 2.24) is 9.38 Å². The van der Waals surface area contributed by atoms with E-state index in [0.717, 1.165) is 27.1 Å². The van der Waals surface area contributed by atoms with Crippen molar-refractivity contribution in [3.05, 3.63) is 58.3 Å². The van der Waals surface area contributed by atoms with Gasteiger partial charge in [-0.2, -0.15) is 0 Å². The lowest BCUT2D eigenvalue weighted by atomic mass is 10.2. The minimum atomic E-state index is -0.944. The van der Waals surface area contributed by atoms with Gasteiger partial charge in [0.05, 0.1) is 16.8 Å². The van der Waals surface area contributed by atoms with Gasteiger partial charge in [0, 0.05) is 16.2 Å². The Labute approximate surface area is 123 Å². The van der Waals surface area contributed by atoms with Crippen LogP contribution in [0.1, 0.15) is 16.1 Å². The Hall–Kier alpha value is -2.14. The van der Waals surface area contributed by atoms with Crippen molar-refractivity contribution in [3.8, 4) is 11.4 Å². The minimum absolute atomic E-state index is 0.244. The molecule has 0 amide bonds. The van der Waals surface area contributed by atoms with E-state index >= 15 is 0 Å². The van der Waals surface area contributed by atoms with E-state index < -0.39 is 5.97 Å². The van der Waals surface area contributed by atoms with Crippen LogP contribution < -0.4 is 0 Å². The van der Waals surface area contributed by atoms with Crippen molar-refractivity contribution >= 4 is 27.4 Å². The molecule has 0 saturated carbocycles. The van der Waals surface area contributed by atoms with Crippen LogP contribution in [0.4, 0.5) is 0 Å². The number of carboxylic acids is 1. The lowest BCUT2D eigenvalue weighted by Crippen LogP contribution is -1.99. The molecule has 0 aliphatic rings. The van der Waals surface area contributed by atoms with Crippen LogP contribution >= 0.6 is 15.9 Å². The molecule has 0 unspecified atom stereocenters. The predicted molar refractivity (Wildman–Crippen MR) is 80.0 cm³/mol. The number of imidazole rings is 1. The number of fused-ring (bicyclic) bond motifs is 1. The molecule has 0 atom stereocenters. The first-order valence-corrected chi connectivity index (χ1v) is 6.83. The van der Waals surface area contributed by atoms with E-state index in [1.54, 1.807) is 18.3 Å². The van der Waals surface area contributed by atoms with Crippen LogP contribution in [0.3, 0.4) is 0 Å². The number of pyridine rings is 1. The molecule has 1 N–H and O–H groups in total. The highest BCUT2D eigenvalue weighted by atomic mass is 79.9. The van der Waals surface area contributed by atoms with Crippen molar-refractivity contribution in [2.24, 2.45) is 0 Å². The maximum absolute atomic E-state index is 11.1. The third-order valence-electron chi connectivity index (χ3n) is 3.17. The summed E-state index contributed by atoms with van der Waals surface area (Å²) in [4.78, 5) is 15.6. The lowest BCUT2D eigenvalue weighted by Gasteiger charge is -2.03. The number of nitrogens with zero attached hydrogens (tertiary/aromatic N) is 2. The molecular weight excluding hydrogens is 320 g/mol. The number of hydrogen-bond acceptors (Lipinski definition) is 2. The van der Waals surface area contributed by atoms with E-state index in [0.29, 0.717) is 0 Å². The van der Waals surface area contributed by atoms with Crippen LogP contribution in [0, 0.1) is 6.92 Å². The molecule has 0 saturated heterocycles. The van der Waals surface area contributed by atoms with Crippen LogP contribution in [0.5, 0.6) is 0 Å². The number of aryl methyl sites for hydroxylation is 1. The smallest absolute Gasteiger partial charge is 0.337 e. The summed E-state index contributed by atoms with van der Waals surface area (Å²) in [5, 5.41) is 9.11. The lowest BCUT2D eigenvalue weighted by molar-refractivity contribution is 0.0696. The second-order valence-corrected chi connectivity index (χ2v) is 5.42. The molecule has 0 aliphatic carbocycles. The van der Waals surface area contributed by atoms with Crippen LogP contribution in [0.2, 0.25) is 0 Å². The van der Waals surface area contributed by atoms with Crippen LogP contribution in [-0.4, -0.2) is 20.5 Å². The zero-order valence-corrected chi connectivity index (χ0v) is 12.3. The first-order chi connectivity index (χ1) is 9.56. The molecule has 0 aliphatic heterocycles. The summed E-state index contributed by atoms with van der Waals surface area (Å²) in [7, 11) is 0. The maximum atomic E-state index is 11.1. The number of carboxylic acid groups (broad SMARTS) is 1. The van der Waals surface area contributed by atoms with Gasteiger partial charge >= 0.3 is 5.97 Å². The van der Waals surface area contributed by atoms with Crippen molar-refractivity contribution in [2.45, 2.75) is 6.92 Å². The van der Waals surface area contributed by atoms with Crippen molar-refractivity contribution < 1.29 is 9.90 Å². The number of hydrogen-bond donors (Lipinski definition) is 1. The summed E-state index contributed by atoms with van der Waals surface area (Å²) >= 11 is 3.40. The highest BCUT2D eigenvalue weighted by Gasteiger charge is 2.12. The van der Waals surface area contributed by atoms with Gasteiger partial charge in [0.1, 0.15) is 5.82 Å². The zero-order valence-electron chi connectivity index (χ0n) is 10.7. The Kier molecular flexibility index (Phi) is 3.06. The van der Waals surface area contributed by atoms with E-state index in [-0.39, 0.29) is 5.56 Å². The summed E-state index contributed by atoms with van der Waals surface area (Å²) in [5.41, 5.74) is 2.97. The molecule has 5 heteroatoms. The third kappa shape index (κ3) is 2.10. The number of aromatic carboxylic acids is 1. The van der Waals surface area contributed by atoms with Crippen molar-refractivity contribution in [1.29, 1.82) is 0 Å². The van der Waals surface area contributed by atoms with Crippen molar-refractivity contribution in [2.75, 3.05) is 0 Å². The maximum Gasteiger partial charge on any atom is 0.337 e. The largest absolute Gasteiger partial charge is 0.478 e. The summed E-state index contributed by atoms with van der Waals surface area (Å²) in [6.07, 6.45) is 1.61. The number of aromatic nitrogens is 2. The van der Waals surface area contributed by atoms with Gasteiger partial charge in [-0.3, -0.25) is 4.40 Å². The summed E-state index contributed by atoms with van der Waals surface area (Å²) in [5.74, 6) is -0.201. The van der Waals surface area contributed by atoms with Crippen LogP contribution in [-0.2, 0) is 0 Å². The number of carbonyl (C=O) groups is 1. The molecule has 3 aromatic rings. The van der Waals surface area contributed by atoms with Crippen molar-refractivity contribution in [3.63, 3.8) is 0 Å². The molecule has 0 bridgehead atoms. The normalized spacial score (nSPS) is 10.9. The highest BCUT2D eigenvalue weighted by Crippen LogP contribution is 2.24. The Morgan fingerprint density at radius 1 is 1.20 bits per heavy atom. The average Bonchev–Trinajstić information content (AvgIpc) is 2.76. The molecule has 0 spiro atoms. The number of rotatable bonds is 2. The Morgan fingerprint density at radius 3 is 2.55 bits per heavy atom. The fourth-order valence-corrected chi connectivity index (χ4v) is 2.43. The second-order valence-electron chi connectivity index (χ2n) is 4.51.